The van der Waals surface area contributed by atoms with Gasteiger partial charge in [-0.15, -0.1) is 10.2 Å². The molecule has 0 fully saturated rings. The van der Waals surface area contributed by atoms with Gasteiger partial charge in [0.1, 0.15) is 12.4 Å². The minimum Gasteiger partial charge on any atom is -0.481 e. The molecule has 1 aromatic heterocycles. The van der Waals surface area contributed by atoms with E-state index in [1.807, 2.05) is 0 Å². The number of aliphatic carboxylic acids is 1. The molecule has 0 bridgehead atoms. The van der Waals surface area contributed by atoms with Crippen molar-refractivity contribution in [3.8, 4) is 0 Å². The second kappa shape index (κ2) is 4.83. The summed E-state index contributed by atoms with van der Waals surface area (Å²) in [5, 5.41) is 15.8. The molecule has 0 aliphatic rings. The Kier molecular flexibility index (Phi) is 3.71. The van der Waals surface area contributed by atoms with Crippen molar-refractivity contribution < 1.29 is 19.1 Å². The van der Waals surface area contributed by atoms with Gasteiger partial charge in [-0.2, -0.15) is 0 Å². The average molecular weight is 204 g/mol. The van der Waals surface area contributed by atoms with Crippen molar-refractivity contribution >= 4 is 17.7 Å². The van der Waals surface area contributed by atoms with E-state index in [9.17, 15) is 4.79 Å². The maximum absolute atomic E-state index is 10.2. The van der Waals surface area contributed by atoms with Gasteiger partial charge in [0.25, 0.3) is 5.22 Å². The SMILES string of the molecule is COCc1nnc(SCC(=O)O)o1. The van der Waals surface area contributed by atoms with Crippen LogP contribution in [-0.2, 0) is 16.1 Å². The van der Waals surface area contributed by atoms with Crippen molar-refractivity contribution in [3.63, 3.8) is 0 Å². The molecule has 0 unspecified atom stereocenters. The molecular weight excluding hydrogens is 196 g/mol. The van der Waals surface area contributed by atoms with Gasteiger partial charge >= 0.3 is 5.97 Å². The van der Waals surface area contributed by atoms with Gasteiger partial charge in [0.2, 0.25) is 5.89 Å². The van der Waals surface area contributed by atoms with Crippen LogP contribution in [0.2, 0.25) is 0 Å². The van der Waals surface area contributed by atoms with Gasteiger partial charge in [0, 0.05) is 7.11 Å². The smallest absolute Gasteiger partial charge is 0.314 e. The average Bonchev–Trinajstić information content (AvgIpc) is 2.50. The van der Waals surface area contributed by atoms with E-state index in [-0.39, 0.29) is 17.6 Å². The van der Waals surface area contributed by atoms with Gasteiger partial charge in [0.05, 0.1) is 0 Å². The van der Waals surface area contributed by atoms with E-state index in [1.165, 1.54) is 7.11 Å². The van der Waals surface area contributed by atoms with Crippen molar-refractivity contribution in [3.05, 3.63) is 5.89 Å². The van der Waals surface area contributed by atoms with Crippen LogP contribution < -0.4 is 0 Å². The van der Waals surface area contributed by atoms with Crippen molar-refractivity contribution in [1.82, 2.24) is 10.2 Å². The van der Waals surface area contributed by atoms with Gasteiger partial charge in [-0.05, 0) is 0 Å². The Bertz CT molecular complexity index is 288. The van der Waals surface area contributed by atoms with Crippen LogP contribution in [0.3, 0.4) is 0 Å². The summed E-state index contributed by atoms with van der Waals surface area (Å²) in [6, 6.07) is 0. The van der Waals surface area contributed by atoms with E-state index >= 15 is 0 Å². The Balaban J connectivity index is 2.44. The van der Waals surface area contributed by atoms with E-state index in [0.717, 1.165) is 11.8 Å². The van der Waals surface area contributed by atoms with Gasteiger partial charge in [-0.3, -0.25) is 4.79 Å². The van der Waals surface area contributed by atoms with Crippen molar-refractivity contribution in [2.24, 2.45) is 0 Å². The maximum atomic E-state index is 10.2. The third kappa shape index (κ3) is 3.43. The highest BCUT2D eigenvalue weighted by atomic mass is 32.2. The van der Waals surface area contributed by atoms with Crippen LogP contribution in [0.25, 0.3) is 0 Å². The minimum atomic E-state index is -0.920. The summed E-state index contributed by atoms with van der Waals surface area (Å²) in [5.74, 6) is -0.666. The first kappa shape index (κ1) is 10.0. The number of nitrogens with zero attached hydrogens (tertiary/aromatic N) is 2. The fourth-order valence-electron chi connectivity index (χ4n) is 0.602. The number of ether oxygens (including phenoxy) is 1. The van der Waals surface area contributed by atoms with Gasteiger partial charge < -0.3 is 14.3 Å². The Morgan fingerprint density at radius 1 is 1.69 bits per heavy atom. The number of methoxy groups -OCH3 is 1. The molecule has 1 N–H and O–H groups in total. The first-order valence-electron chi connectivity index (χ1n) is 3.38. The molecule has 6 nitrogen and oxygen atoms in total. The summed E-state index contributed by atoms with van der Waals surface area (Å²) < 4.78 is 9.77. The van der Waals surface area contributed by atoms with Gasteiger partial charge in [-0.25, -0.2) is 0 Å². The highest BCUT2D eigenvalue weighted by Crippen LogP contribution is 2.15. The molecule has 0 saturated heterocycles. The molecule has 1 rings (SSSR count). The molecule has 7 heteroatoms. The van der Waals surface area contributed by atoms with Crippen molar-refractivity contribution in [2.45, 2.75) is 11.8 Å². The van der Waals surface area contributed by atoms with Crippen LogP contribution in [0.15, 0.2) is 9.64 Å². The molecule has 0 amide bonds. The summed E-state index contributed by atoms with van der Waals surface area (Å²) in [5.41, 5.74) is 0. The molecule has 72 valence electrons. The molecule has 13 heavy (non-hydrogen) atoms. The summed E-state index contributed by atoms with van der Waals surface area (Å²) >= 11 is 0.980. The van der Waals surface area contributed by atoms with Crippen molar-refractivity contribution in [1.29, 1.82) is 0 Å². The molecule has 1 heterocycles. The normalized spacial score (nSPS) is 10.2. The summed E-state index contributed by atoms with van der Waals surface area (Å²) in [6.45, 7) is 0.237. The molecule has 0 atom stereocenters. The van der Waals surface area contributed by atoms with E-state index in [0.29, 0.717) is 5.89 Å². The van der Waals surface area contributed by atoms with Gasteiger partial charge in [-0.1, -0.05) is 11.8 Å². The van der Waals surface area contributed by atoms with Crippen LogP contribution in [-0.4, -0.2) is 34.1 Å². The Labute approximate surface area is 78.3 Å². The van der Waals surface area contributed by atoms with E-state index in [4.69, 9.17) is 14.3 Å². The van der Waals surface area contributed by atoms with E-state index < -0.39 is 5.97 Å². The largest absolute Gasteiger partial charge is 0.481 e. The lowest BCUT2D eigenvalue weighted by atomic mass is 10.7. The zero-order valence-electron chi connectivity index (χ0n) is 6.89. The number of carbonyl (C=O) groups is 1. The van der Waals surface area contributed by atoms with E-state index in [1.54, 1.807) is 0 Å². The standard InChI is InChI=1S/C6H8N2O4S/c1-11-2-4-7-8-6(12-4)13-3-5(9)10/h2-3H2,1H3,(H,9,10). The lowest BCUT2D eigenvalue weighted by molar-refractivity contribution is -0.133. The van der Waals surface area contributed by atoms with Crippen LogP contribution in [0.5, 0.6) is 0 Å². The number of thioether (sulfide) groups is 1. The second-order valence-electron chi connectivity index (χ2n) is 2.08. The lowest BCUT2D eigenvalue weighted by Crippen LogP contribution is -1.97. The van der Waals surface area contributed by atoms with Gasteiger partial charge in [0.15, 0.2) is 0 Å². The molecular formula is C6H8N2O4S. The number of rotatable bonds is 5. The Morgan fingerprint density at radius 2 is 2.46 bits per heavy atom. The molecule has 0 saturated carbocycles. The number of carboxylic acid groups (broad SMARTS) is 1. The Hall–Kier alpha value is -1.08. The number of hydrogen-bond donors (Lipinski definition) is 1. The van der Waals surface area contributed by atoms with Crippen LogP contribution in [0.4, 0.5) is 0 Å². The molecule has 0 aromatic carbocycles. The predicted molar refractivity (Wildman–Crippen MR) is 43.4 cm³/mol. The van der Waals surface area contributed by atoms with Crippen LogP contribution in [0.1, 0.15) is 5.89 Å². The highest BCUT2D eigenvalue weighted by Gasteiger charge is 2.07. The molecule has 0 aliphatic heterocycles. The van der Waals surface area contributed by atoms with Crippen molar-refractivity contribution in [2.75, 3.05) is 12.9 Å². The summed E-state index contributed by atoms with van der Waals surface area (Å²) in [7, 11) is 1.51. The lowest BCUT2D eigenvalue weighted by Gasteiger charge is -1.89. The maximum Gasteiger partial charge on any atom is 0.314 e. The first-order chi connectivity index (χ1) is 6.22. The second-order valence-corrected chi connectivity index (χ2v) is 3.00. The zero-order chi connectivity index (χ0) is 9.68. The number of carboxylic acids is 1. The monoisotopic (exact) mass is 204 g/mol. The highest BCUT2D eigenvalue weighted by molar-refractivity contribution is 7.99. The molecule has 0 radical (unpaired) electrons. The fourth-order valence-corrected chi connectivity index (χ4v) is 1.10. The third-order valence-electron chi connectivity index (χ3n) is 1.04. The topological polar surface area (TPSA) is 85.5 Å². The van der Waals surface area contributed by atoms with Crippen LogP contribution in [0, 0.1) is 0 Å². The fraction of sp³-hybridized carbons (Fsp3) is 0.500. The molecule has 1 aromatic rings. The minimum absolute atomic E-state index is 0.0887. The number of aromatic nitrogens is 2. The molecule has 0 spiro atoms. The Morgan fingerprint density at radius 3 is 3.08 bits per heavy atom. The first-order valence-corrected chi connectivity index (χ1v) is 4.37. The summed E-state index contributed by atoms with van der Waals surface area (Å²) in [4.78, 5) is 10.2. The van der Waals surface area contributed by atoms with E-state index in [2.05, 4.69) is 10.2 Å². The number of hydrogen-bond acceptors (Lipinski definition) is 6. The van der Waals surface area contributed by atoms with Crippen LogP contribution >= 0.6 is 11.8 Å². The third-order valence-corrected chi connectivity index (χ3v) is 1.84. The quantitative estimate of drug-likeness (QED) is 0.694. The summed E-state index contributed by atoms with van der Waals surface area (Å²) in [6.07, 6.45) is 0. The predicted octanol–water partition coefficient (Wildman–Crippen LogP) is 0.393. The zero-order valence-corrected chi connectivity index (χ0v) is 7.71. The molecule has 0 aliphatic carbocycles.